The molecule has 0 spiro atoms. The molecule has 3 aromatic rings. The minimum atomic E-state index is -0.0782. The third-order valence-electron chi connectivity index (χ3n) is 6.55. The molecular weight excluding hydrogens is 402 g/mol. The van der Waals surface area contributed by atoms with E-state index in [2.05, 4.69) is 70.7 Å². The number of rotatable bonds is 6. The molecule has 0 radical (unpaired) electrons. The van der Waals surface area contributed by atoms with Crippen molar-refractivity contribution in [3.8, 4) is 0 Å². The summed E-state index contributed by atoms with van der Waals surface area (Å²) in [5, 5.41) is 8.22. The molecule has 0 amide bonds. The Bertz CT molecular complexity index is 1140. The van der Waals surface area contributed by atoms with Crippen LogP contribution >= 0.6 is 0 Å². The van der Waals surface area contributed by atoms with E-state index in [1.54, 1.807) is 17.1 Å². The van der Waals surface area contributed by atoms with Crippen LogP contribution in [-0.2, 0) is 19.0 Å². The number of fused-ring (bicyclic) bond motifs is 1. The number of hydrogen-bond acceptors (Lipinski definition) is 6. The third kappa shape index (κ3) is 4.70. The Hall–Kier alpha value is -2.74. The molecule has 0 bridgehead atoms. The molecule has 1 fully saturated rings. The molecular formula is C24H35N7O. The SMILES string of the molecule is Cc1cc2ncnc(NCC3CCCCN3CCn3nc(C(C)(C)C)ccc3=O)c2n1C. The van der Waals surface area contributed by atoms with Gasteiger partial charge >= 0.3 is 0 Å². The molecule has 8 nitrogen and oxygen atoms in total. The van der Waals surface area contributed by atoms with Gasteiger partial charge in [-0.3, -0.25) is 9.69 Å². The first-order valence-electron chi connectivity index (χ1n) is 11.6. The van der Waals surface area contributed by atoms with Crippen LogP contribution in [0.3, 0.4) is 0 Å². The van der Waals surface area contributed by atoms with Crippen LogP contribution in [0.1, 0.15) is 51.4 Å². The molecule has 3 aromatic heterocycles. The quantitative estimate of drug-likeness (QED) is 0.638. The second-order valence-corrected chi connectivity index (χ2v) is 9.90. The maximum absolute atomic E-state index is 12.4. The summed E-state index contributed by atoms with van der Waals surface area (Å²) in [6, 6.07) is 5.98. The number of aromatic nitrogens is 5. The number of hydrogen-bond donors (Lipinski definition) is 1. The highest BCUT2D eigenvalue weighted by Gasteiger charge is 2.23. The molecule has 1 unspecified atom stereocenters. The average molecular weight is 438 g/mol. The summed E-state index contributed by atoms with van der Waals surface area (Å²) >= 11 is 0. The summed E-state index contributed by atoms with van der Waals surface area (Å²) in [6.07, 6.45) is 5.18. The summed E-state index contributed by atoms with van der Waals surface area (Å²) in [6.45, 7) is 11.7. The Morgan fingerprint density at radius 2 is 1.97 bits per heavy atom. The number of likely N-dealkylation sites (tertiary alicyclic amines) is 1. The summed E-state index contributed by atoms with van der Waals surface area (Å²) in [4.78, 5) is 23.8. The van der Waals surface area contributed by atoms with Crippen molar-refractivity contribution in [1.29, 1.82) is 0 Å². The summed E-state index contributed by atoms with van der Waals surface area (Å²) < 4.78 is 3.76. The standard InChI is InChI=1S/C24H35N7O/c1-17-14-19-22(29(17)5)23(27-16-26-19)25-15-18-8-6-7-11-30(18)12-13-31-21(32)10-9-20(28-31)24(2,3)4/h9-10,14,16,18H,6-8,11-13,15H2,1-5H3,(H,25,26,27). The zero-order valence-corrected chi connectivity index (χ0v) is 19.9. The van der Waals surface area contributed by atoms with Gasteiger partial charge in [-0.25, -0.2) is 14.6 Å². The second-order valence-electron chi connectivity index (χ2n) is 9.90. The lowest BCUT2D eigenvalue weighted by Crippen LogP contribution is -2.46. The van der Waals surface area contributed by atoms with Gasteiger partial charge in [-0.1, -0.05) is 27.2 Å². The molecule has 1 aliphatic heterocycles. The third-order valence-corrected chi connectivity index (χ3v) is 6.55. The Labute approximate surface area is 189 Å². The lowest BCUT2D eigenvalue weighted by molar-refractivity contribution is 0.147. The lowest BCUT2D eigenvalue weighted by Gasteiger charge is -2.36. The first-order valence-corrected chi connectivity index (χ1v) is 11.6. The predicted octanol–water partition coefficient (Wildman–Crippen LogP) is 3.10. The molecule has 32 heavy (non-hydrogen) atoms. The molecule has 1 N–H and O–H groups in total. The van der Waals surface area contributed by atoms with Crippen LogP contribution in [0.2, 0.25) is 0 Å². The number of nitrogens with zero attached hydrogens (tertiary/aromatic N) is 6. The van der Waals surface area contributed by atoms with Crippen LogP contribution in [0.5, 0.6) is 0 Å². The lowest BCUT2D eigenvalue weighted by atomic mass is 9.92. The maximum atomic E-state index is 12.4. The fourth-order valence-corrected chi connectivity index (χ4v) is 4.46. The molecule has 1 aliphatic rings. The van der Waals surface area contributed by atoms with E-state index in [4.69, 9.17) is 0 Å². The van der Waals surface area contributed by atoms with Crippen molar-refractivity contribution in [3.05, 3.63) is 46.3 Å². The van der Waals surface area contributed by atoms with Gasteiger partial charge in [-0.15, -0.1) is 0 Å². The van der Waals surface area contributed by atoms with E-state index >= 15 is 0 Å². The Balaban J connectivity index is 1.45. The van der Waals surface area contributed by atoms with E-state index in [9.17, 15) is 4.79 Å². The second kappa shape index (κ2) is 9.02. The van der Waals surface area contributed by atoms with Gasteiger partial charge in [0.1, 0.15) is 11.8 Å². The normalized spacial score (nSPS) is 17.7. The number of anilines is 1. The minimum absolute atomic E-state index is 0.0351. The maximum Gasteiger partial charge on any atom is 0.266 e. The first-order chi connectivity index (χ1) is 15.2. The molecule has 1 saturated heterocycles. The molecule has 8 heteroatoms. The van der Waals surface area contributed by atoms with Crippen molar-refractivity contribution < 1.29 is 0 Å². The van der Waals surface area contributed by atoms with Gasteiger partial charge in [0.25, 0.3) is 5.56 Å². The number of piperidine rings is 1. The van der Waals surface area contributed by atoms with Gasteiger partial charge in [0, 0.05) is 43.4 Å². The Morgan fingerprint density at radius 1 is 1.16 bits per heavy atom. The Morgan fingerprint density at radius 3 is 2.75 bits per heavy atom. The zero-order valence-electron chi connectivity index (χ0n) is 19.9. The van der Waals surface area contributed by atoms with Crippen molar-refractivity contribution in [2.75, 3.05) is 25.0 Å². The van der Waals surface area contributed by atoms with Gasteiger partial charge < -0.3 is 9.88 Å². The van der Waals surface area contributed by atoms with Crippen molar-refractivity contribution >= 4 is 16.9 Å². The number of aryl methyl sites for hydroxylation is 2. The highest BCUT2D eigenvalue weighted by atomic mass is 16.1. The largest absolute Gasteiger partial charge is 0.367 e. The molecule has 0 aromatic carbocycles. The fraction of sp³-hybridized carbons (Fsp3) is 0.583. The van der Waals surface area contributed by atoms with Crippen LogP contribution in [0, 0.1) is 6.92 Å². The predicted molar refractivity (Wildman–Crippen MR) is 128 cm³/mol. The van der Waals surface area contributed by atoms with Gasteiger partial charge in [0.2, 0.25) is 0 Å². The van der Waals surface area contributed by atoms with E-state index in [1.807, 2.05) is 6.07 Å². The van der Waals surface area contributed by atoms with Crippen molar-refractivity contribution in [2.45, 2.75) is 65.0 Å². The van der Waals surface area contributed by atoms with Crippen LogP contribution in [0.4, 0.5) is 5.82 Å². The molecule has 4 heterocycles. The van der Waals surface area contributed by atoms with Crippen molar-refractivity contribution in [1.82, 2.24) is 29.2 Å². The number of nitrogens with one attached hydrogen (secondary N) is 1. The molecule has 0 saturated carbocycles. The Kier molecular flexibility index (Phi) is 6.33. The van der Waals surface area contributed by atoms with Gasteiger partial charge in [0.05, 0.1) is 17.8 Å². The smallest absolute Gasteiger partial charge is 0.266 e. The van der Waals surface area contributed by atoms with Gasteiger partial charge in [-0.05, 0) is 38.4 Å². The monoisotopic (exact) mass is 437 g/mol. The van der Waals surface area contributed by atoms with Crippen molar-refractivity contribution in [2.24, 2.45) is 7.05 Å². The zero-order chi connectivity index (χ0) is 22.9. The highest BCUT2D eigenvalue weighted by molar-refractivity contribution is 5.87. The highest BCUT2D eigenvalue weighted by Crippen LogP contribution is 2.24. The van der Waals surface area contributed by atoms with E-state index in [0.29, 0.717) is 12.6 Å². The summed E-state index contributed by atoms with van der Waals surface area (Å²) in [7, 11) is 2.05. The molecule has 4 rings (SSSR count). The van der Waals surface area contributed by atoms with E-state index in [1.165, 1.54) is 18.5 Å². The van der Waals surface area contributed by atoms with E-state index in [0.717, 1.165) is 48.6 Å². The molecule has 1 atom stereocenters. The summed E-state index contributed by atoms with van der Waals surface area (Å²) in [5.41, 5.74) is 4.00. The molecule has 0 aliphatic carbocycles. The minimum Gasteiger partial charge on any atom is -0.367 e. The topological polar surface area (TPSA) is 80.9 Å². The van der Waals surface area contributed by atoms with Crippen molar-refractivity contribution in [3.63, 3.8) is 0 Å². The van der Waals surface area contributed by atoms with Crippen LogP contribution in [0.25, 0.3) is 11.0 Å². The van der Waals surface area contributed by atoms with Gasteiger partial charge in [0.15, 0.2) is 5.82 Å². The fourth-order valence-electron chi connectivity index (χ4n) is 4.46. The first kappa shape index (κ1) is 22.5. The summed E-state index contributed by atoms with van der Waals surface area (Å²) in [5.74, 6) is 0.881. The van der Waals surface area contributed by atoms with Crippen LogP contribution in [-0.4, -0.2) is 54.9 Å². The van der Waals surface area contributed by atoms with Gasteiger partial charge in [-0.2, -0.15) is 5.10 Å². The average Bonchev–Trinajstić information content (AvgIpc) is 3.05. The van der Waals surface area contributed by atoms with E-state index < -0.39 is 0 Å². The van der Waals surface area contributed by atoms with Crippen LogP contribution < -0.4 is 10.9 Å². The van der Waals surface area contributed by atoms with Crippen LogP contribution in [0.15, 0.2) is 29.3 Å². The molecule has 172 valence electrons. The van der Waals surface area contributed by atoms with E-state index in [-0.39, 0.29) is 11.0 Å².